The summed E-state index contributed by atoms with van der Waals surface area (Å²) in [6.07, 6.45) is 3.35. The SMILES string of the molecule is COc1ccc2ncc(F)c(CCCN3CCN(CCc4ccccc4)C[C@@H]3C(=O)O)c2c1. The van der Waals surface area contributed by atoms with E-state index < -0.39 is 12.0 Å². The zero-order chi connectivity index (χ0) is 23.2. The fourth-order valence-corrected chi connectivity index (χ4v) is 4.56. The van der Waals surface area contributed by atoms with Gasteiger partial charge in [-0.2, -0.15) is 0 Å². The summed E-state index contributed by atoms with van der Waals surface area (Å²) >= 11 is 0. The Kier molecular flexibility index (Phi) is 7.52. The van der Waals surface area contributed by atoms with E-state index in [0.717, 1.165) is 30.4 Å². The molecule has 1 aliphatic rings. The predicted molar refractivity (Wildman–Crippen MR) is 126 cm³/mol. The van der Waals surface area contributed by atoms with Gasteiger partial charge in [0.25, 0.3) is 0 Å². The summed E-state index contributed by atoms with van der Waals surface area (Å²) in [6.45, 7) is 3.49. The highest BCUT2D eigenvalue weighted by atomic mass is 19.1. The molecule has 2 heterocycles. The second-order valence-corrected chi connectivity index (χ2v) is 8.50. The molecule has 0 bridgehead atoms. The largest absolute Gasteiger partial charge is 0.497 e. The zero-order valence-electron chi connectivity index (χ0n) is 18.9. The van der Waals surface area contributed by atoms with Crippen molar-refractivity contribution in [1.29, 1.82) is 0 Å². The minimum Gasteiger partial charge on any atom is -0.497 e. The van der Waals surface area contributed by atoms with Crippen LogP contribution in [0.4, 0.5) is 4.39 Å². The van der Waals surface area contributed by atoms with Crippen molar-refractivity contribution in [2.24, 2.45) is 0 Å². The maximum Gasteiger partial charge on any atom is 0.322 e. The van der Waals surface area contributed by atoms with Crippen molar-refractivity contribution in [3.63, 3.8) is 0 Å². The first kappa shape index (κ1) is 23.1. The summed E-state index contributed by atoms with van der Waals surface area (Å²) < 4.78 is 19.9. The third-order valence-electron chi connectivity index (χ3n) is 6.43. The molecule has 2 aromatic carbocycles. The Bertz CT molecular complexity index is 1090. The van der Waals surface area contributed by atoms with Crippen LogP contribution in [0.2, 0.25) is 0 Å². The minimum atomic E-state index is -0.801. The first-order chi connectivity index (χ1) is 16.0. The molecule has 6 nitrogen and oxygen atoms in total. The van der Waals surface area contributed by atoms with Gasteiger partial charge in [0.2, 0.25) is 0 Å². The second kappa shape index (κ2) is 10.7. The van der Waals surface area contributed by atoms with Gasteiger partial charge in [0.05, 0.1) is 18.8 Å². The number of rotatable bonds is 9. The number of hydrogen-bond donors (Lipinski definition) is 1. The minimum absolute atomic E-state index is 0.337. The van der Waals surface area contributed by atoms with E-state index in [-0.39, 0.29) is 5.82 Å². The number of carboxylic acids is 1. The monoisotopic (exact) mass is 451 g/mol. The summed E-state index contributed by atoms with van der Waals surface area (Å²) in [5.41, 5.74) is 2.59. The molecule has 1 saturated heterocycles. The van der Waals surface area contributed by atoms with Crippen LogP contribution in [-0.4, -0.2) is 71.7 Å². The van der Waals surface area contributed by atoms with Crippen LogP contribution < -0.4 is 4.74 Å². The lowest BCUT2D eigenvalue weighted by molar-refractivity contribution is -0.145. The van der Waals surface area contributed by atoms with Crippen LogP contribution >= 0.6 is 0 Å². The van der Waals surface area contributed by atoms with Gasteiger partial charge in [0.15, 0.2) is 0 Å². The molecule has 1 atom stereocenters. The molecular formula is C26H30FN3O3. The van der Waals surface area contributed by atoms with Gasteiger partial charge in [-0.1, -0.05) is 30.3 Å². The Morgan fingerprint density at radius 3 is 2.73 bits per heavy atom. The number of fused-ring (bicyclic) bond motifs is 1. The van der Waals surface area contributed by atoms with Gasteiger partial charge in [-0.3, -0.25) is 19.6 Å². The van der Waals surface area contributed by atoms with E-state index in [9.17, 15) is 14.3 Å². The number of benzene rings is 2. The van der Waals surface area contributed by atoms with Gasteiger partial charge in [-0.05, 0) is 55.1 Å². The Morgan fingerprint density at radius 2 is 1.97 bits per heavy atom. The number of aryl methyl sites for hydroxylation is 1. The number of nitrogens with zero attached hydrogens (tertiary/aromatic N) is 3. The number of piperazine rings is 1. The third-order valence-corrected chi connectivity index (χ3v) is 6.43. The highest BCUT2D eigenvalue weighted by molar-refractivity contribution is 5.83. The molecule has 0 aliphatic carbocycles. The number of hydrogen-bond acceptors (Lipinski definition) is 5. The van der Waals surface area contributed by atoms with E-state index in [2.05, 4.69) is 22.0 Å². The number of ether oxygens (including phenoxy) is 1. The van der Waals surface area contributed by atoms with E-state index >= 15 is 0 Å². The summed E-state index contributed by atoms with van der Waals surface area (Å²) in [4.78, 5) is 20.4. The molecule has 0 spiro atoms. The maximum atomic E-state index is 14.6. The first-order valence-electron chi connectivity index (χ1n) is 11.4. The summed E-state index contributed by atoms with van der Waals surface area (Å²) in [5, 5.41) is 10.6. The third kappa shape index (κ3) is 5.67. The molecule has 174 valence electrons. The lowest BCUT2D eigenvalue weighted by atomic mass is 10.0. The van der Waals surface area contributed by atoms with Gasteiger partial charge >= 0.3 is 5.97 Å². The van der Waals surface area contributed by atoms with Crippen molar-refractivity contribution < 1.29 is 19.0 Å². The number of aliphatic carboxylic acids is 1. The molecule has 7 heteroatoms. The Labute approximate surface area is 193 Å². The van der Waals surface area contributed by atoms with Crippen LogP contribution in [0.5, 0.6) is 5.75 Å². The Balaban J connectivity index is 1.36. The molecule has 33 heavy (non-hydrogen) atoms. The topological polar surface area (TPSA) is 65.9 Å². The average Bonchev–Trinajstić information content (AvgIpc) is 2.84. The van der Waals surface area contributed by atoms with Crippen molar-refractivity contribution in [2.45, 2.75) is 25.3 Å². The van der Waals surface area contributed by atoms with E-state index in [1.807, 2.05) is 41.3 Å². The molecule has 0 unspecified atom stereocenters. The lowest BCUT2D eigenvalue weighted by Gasteiger charge is -2.39. The molecule has 1 fully saturated rings. The smallest absolute Gasteiger partial charge is 0.322 e. The van der Waals surface area contributed by atoms with Gasteiger partial charge in [-0.25, -0.2) is 4.39 Å². The number of aromatic nitrogens is 1. The van der Waals surface area contributed by atoms with E-state index in [1.165, 1.54) is 11.8 Å². The van der Waals surface area contributed by atoms with Crippen LogP contribution in [-0.2, 0) is 17.6 Å². The van der Waals surface area contributed by atoms with Crippen LogP contribution in [0, 0.1) is 5.82 Å². The average molecular weight is 452 g/mol. The fraction of sp³-hybridized carbons (Fsp3) is 0.385. The summed E-state index contributed by atoms with van der Waals surface area (Å²) in [5.74, 6) is -0.477. The normalized spacial score (nSPS) is 17.3. The lowest BCUT2D eigenvalue weighted by Crippen LogP contribution is -2.56. The molecule has 0 radical (unpaired) electrons. The molecule has 0 saturated carbocycles. The van der Waals surface area contributed by atoms with Crippen molar-refractivity contribution in [1.82, 2.24) is 14.8 Å². The standard InChI is InChI=1S/C26H30FN3O3/c1-33-20-9-10-24-22(16-20)21(23(27)17-28-24)8-5-12-30-15-14-29(18-25(30)26(31)32)13-11-19-6-3-2-4-7-19/h2-4,6-7,9-10,16-17,25H,5,8,11-15,18H2,1H3,(H,31,32)/t25-/m1/s1. The van der Waals surface area contributed by atoms with Gasteiger partial charge in [-0.15, -0.1) is 0 Å². The Morgan fingerprint density at radius 1 is 1.15 bits per heavy atom. The molecule has 4 rings (SSSR count). The van der Waals surface area contributed by atoms with Crippen molar-refractivity contribution in [2.75, 3.05) is 39.8 Å². The highest BCUT2D eigenvalue weighted by Crippen LogP contribution is 2.26. The van der Waals surface area contributed by atoms with E-state index in [0.29, 0.717) is 43.8 Å². The number of methoxy groups -OCH3 is 1. The van der Waals surface area contributed by atoms with E-state index in [1.54, 1.807) is 7.11 Å². The molecule has 1 aliphatic heterocycles. The number of halogens is 1. The summed E-state index contributed by atoms with van der Waals surface area (Å²) in [7, 11) is 1.58. The van der Waals surface area contributed by atoms with Crippen molar-refractivity contribution >= 4 is 16.9 Å². The molecule has 1 N–H and O–H groups in total. The Hall–Kier alpha value is -3.03. The molecule has 3 aromatic rings. The van der Waals surface area contributed by atoms with Crippen molar-refractivity contribution in [3.8, 4) is 5.75 Å². The fourth-order valence-electron chi connectivity index (χ4n) is 4.56. The van der Waals surface area contributed by atoms with Crippen molar-refractivity contribution in [3.05, 3.63) is 71.7 Å². The maximum absolute atomic E-state index is 14.6. The molecular weight excluding hydrogens is 421 g/mol. The first-order valence-corrected chi connectivity index (χ1v) is 11.4. The summed E-state index contributed by atoms with van der Waals surface area (Å²) in [6, 6.07) is 15.2. The highest BCUT2D eigenvalue weighted by Gasteiger charge is 2.31. The van der Waals surface area contributed by atoms with Gasteiger partial charge < -0.3 is 9.84 Å². The van der Waals surface area contributed by atoms with Crippen LogP contribution in [0.25, 0.3) is 10.9 Å². The number of carboxylic acid groups (broad SMARTS) is 1. The molecule has 0 amide bonds. The number of pyridine rings is 1. The second-order valence-electron chi connectivity index (χ2n) is 8.50. The quantitative estimate of drug-likeness (QED) is 0.536. The van der Waals surface area contributed by atoms with Gasteiger partial charge in [0.1, 0.15) is 17.6 Å². The van der Waals surface area contributed by atoms with Crippen LogP contribution in [0.3, 0.4) is 0 Å². The molecule has 1 aromatic heterocycles. The number of carbonyl (C=O) groups is 1. The predicted octanol–water partition coefficient (Wildman–Crippen LogP) is 3.63. The van der Waals surface area contributed by atoms with Gasteiger partial charge in [0, 0.05) is 31.6 Å². The zero-order valence-corrected chi connectivity index (χ0v) is 18.9. The van der Waals surface area contributed by atoms with E-state index in [4.69, 9.17) is 4.74 Å². The van der Waals surface area contributed by atoms with Crippen LogP contribution in [0.15, 0.2) is 54.7 Å². The van der Waals surface area contributed by atoms with Crippen LogP contribution in [0.1, 0.15) is 17.5 Å².